The number of anilines is 1. The molecule has 0 radical (unpaired) electrons. The van der Waals surface area contributed by atoms with Crippen molar-refractivity contribution in [3.8, 4) is 11.3 Å². The maximum Gasteiger partial charge on any atom is 0.0486 e. The van der Waals surface area contributed by atoms with Gasteiger partial charge in [-0.3, -0.25) is 0 Å². The first-order chi connectivity index (χ1) is 12.3. The van der Waals surface area contributed by atoms with Crippen molar-refractivity contribution in [3.05, 3.63) is 48.5 Å². The van der Waals surface area contributed by atoms with Gasteiger partial charge in [0.05, 0.1) is 0 Å². The van der Waals surface area contributed by atoms with Crippen LogP contribution >= 0.6 is 11.8 Å². The van der Waals surface area contributed by atoms with Gasteiger partial charge in [-0.2, -0.15) is 0 Å². The van der Waals surface area contributed by atoms with Crippen LogP contribution in [0.3, 0.4) is 0 Å². The Morgan fingerprint density at radius 3 is 2.68 bits per heavy atom. The highest BCUT2D eigenvalue weighted by atomic mass is 32.2. The number of aromatic amines is 1. The Bertz CT molecular complexity index is 816. The summed E-state index contributed by atoms with van der Waals surface area (Å²) in [6.45, 7) is 3.08. The summed E-state index contributed by atoms with van der Waals surface area (Å²) in [5, 5.41) is 1.27. The summed E-state index contributed by atoms with van der Waals surface area (Å²) in [5.74, 6) is 1.08. The predicted molar refractivity (Wildman–Crippen MR) is 110 cm³/mol. The van der Waals surface area contributed by atoms with Crippen LogP contribution in [-0.4, -0.2) is 30.4 Å². The average molecular weight is 352 g/mol. The molecule has 0 unspecified atom stereocenters. The summed E-state index contributed by atoms with van der Waals surface area (Å²) in [5.41, 5.74) is 10.7. The van der Waals surface area contributed by atoms with Crippen LogP contribution in [0, 0.1) is 0 Å². The zero-order valence-electron chi connectivity index (χ0n) is 14.5. The van der Waals surface area contributed by atoms with Gasteiger partial charge in [0.25, 0.3) is 0 Å². The molecular formula is C21H25N3S. The number of nitrogens with two attached hydrogens (primary N) is 1. The van der Waals surface area contributed by atoms with E-state index in [4.69, 9.17) is 5.73 Å². The molecule has 0 spiro atoms. The minimum atomic E-state index is 0.758. The monoisotopic (exact) mass is 351 g/mol. The number of thioether (sulfide) groups is 1. The largest absolute Gasteiger partial charge is 0.371 e. The zero-order valence-corrected chi connectivity index (χ0v) is 15.3. The summed E-state index contributed by atoms with van der Waals surface area (Å²) >= 11 is 1.90. The second kappa shape index (κ2) is 7.54. The quantitative estimate of drug-likeness (QED) is 0.491. The smallest absolute Gasteiger partial charge is 0.0486 e. The van der Waals surface area contributed by atoms with E-state index in [-0.39, 0.29) is 0 Å². The summed E-state index contributed by atoms with van der Waals surface area (Å²) in [6.07, 6.45) is 3.64. The third kappa shape index (κ3) is 3.55. The minimum Gasteiger partial charge on any atom is -0.371 e. The summed E-state index contributed by atoms with van der Waals surface area (Å²) in [7, 11) is 0. The molecule has 3 N–H and O–H groups in total. The molecule has 25 heavy (non-hydrogen) atoms. The maximum absolute atomic E-state index is 5.64. The highest BCUT2D eigenvalue weighted by molar-refractivity contribution is 7.99. The van der Waals surface area contributed by atoms with E-state index in [2.05, 4.69) is 58.4 Å². The molecule has 0 aliphatic carbocycles. The van der Waals surface area contributed by atoms with Crippen molar-refractivity contribution in [2.45, 2.75) is 24.2 Å². The lowest BCUT2D eigenvalue weighted by atomic mass is 10.1. The number of nitrogens with zero attached hydrogens (tertiary/aromatic N) is 1. The fourth-order valence-corrected chi connectivity index (χ4v) is 4.46. The Morgan fingerprint density at radius 1 is 1.04 bits per heavy atom. The minimum absolute atomic E-state index is 0.758. The van der Waals surface area contributed by atoms with Crippen molar-refractivity contribution in [3.63, 3.8) is 0 Å². The summed E-state index contributed by atoms with van der Waals surface area (Å²) in [4.78, 5) is 7.46. The van der Waals surface area contributed by atoms with Gasteiger partial charge < -0.3 is 15.6 Å². The molecule has 0 saturated carbocycles. The van der Waals surface area contributed by atoms with E-state index >= 15 is 0 Å². The van der Waals surface area contributed by atoms with Gasteiger partial charge in [-0.15, -0.1) is 11.8 Å². The summed E-state index contributed by atoms with van der Waals surface area (Å²) < 4.78 is 0. The van der Waals surface area contributed by atoms with Crippen LogP contribution in [0.5, 0.6) is 0 Å². The fraction of sp³-hybridized carbons (Fsp3) is 0.333. The maximum atomic E-state index is 5.64. The molecule has 1 saturated heterocycles. The molecule has 0 bridgehead atoms. The first-order valence-corrected chi connectivity index (χ1v) is 10.1. The molecule has 1 aliphatic heterocycles. The predicted octanol–water partition coefficient (Wildman–Crippen LogP) is 4.88. The number of hydrogen-bond donors (Lipinski definition) is 2. The van der Waals surface area contributed by atoms with E-state index in [1.54, 1.807) is 0 Å². The number of H-pyrrole nitrogens is 1. The molecule has 0 amide bonds. The van der Waals surface area contributed by atoms with Gasteiger partial charge in [-0.25, -0.2) is 0 Å². The number of hydrogen-bond acceptors (Lipinski definition) is 3. The Kier molecular flexibility index (Phi) is 4.99. The second-order valence-electron chi connectivity index (χ2n) is 6.63. The molecule has 4 rings (SSSR count). The van der Waals surface area contributed by atoms with Crippen LogP contribution in [-0.2, 0) is 0 Å². The van der Waals surface area contributed by atoms with E-state index in [9.17, 15) is 0 Å². The molecule has 1 aromatic heterocycles. The number of benzene rings is 2. The molecule has 2 aromatic carbocycles. The zero-order chi connectivity index (χ0) is 17.1. The second-order valence-corrected chi connectivity index (χ2v) is 7.80. The third-order valence-corrected chi connectivity index (χ3v) is 5.93. The highest BCUT2D eigenvalue weighted by Crippen LogP contribution is 2.37. The molecule has 3 nitrogen and oxygen atoms in total. The lowest BCUT2D eigenvalue weighted by Crippen LogP contribution is -2.18. The van der Waals surface area contributed by atoms with Crippen molar-refractivity contribution >= 4 is 28.4 Å². The van der Waals surface area contributed by atoms with Gasteiger partial charge in [0.15, 0.2) is 0 Å². The van der Waals surface area contributed by atoms with Crippen molar-refractivity contribution in [2.24, 2.45) is 5.73 Å². The van der Waals surface area contributed by atoms with Crippen LogP contribution in [0.25, 0.3) is 22.2 Å². The lowest BCUT2D eigenvalue weighted by molar-refractivity contribution is 0.943. The number of rotatable bonds is 6. The van der Waals surface area contributed by atoms with Crippen LogP contribution in [0.2, 0.25) is 0 Å². The van der Waals surface area contributed by atoms with Crippen molar-refractivity contribution in [1.82, 2.24) is 4.98 Å². The standard InChI is InChI=1S/C21H25N3S/c22-10-5-13-25-17-8-9-21(24-11-3-4-12-24)18(15-17)20-14-16-6-1-2-7-19(16)23-20/h1-2,6-9,14-15,23H,3-5,10-13,22H2. The van der Waals surface area contributed by atoms with Gasteiger partial charge in [0.1, 0.15) is 0 Å². The van der Waals surface area contributed by atoms with Crippen LogP contribution in [0.4, 0.5) is 5.69 Å². The molecule has 3 aromatic rings. The fourth-order valence-electron chi connectivity index (χ4n) is 3.55. The normalized spacial score (nSPS) is 14.5. The molecule has 1 aliphatic rings. The highest BCUT2D eigenvalue weighted by Gasteiger charge is 2.18. The van der Waals surface area contributed by atoms with Crippen LogP contribution < -0.4 is 10.6 Å². The topological polar surface area (TPSA) is 45.0 Å². The van der Waals surface area contributed by atoms with Gasteiger partial charge in [-0.1, -0.05) is 18.2 Å². The van der Waals surface area contributed by atoms with Crippen molar-refractivity contribution < 1.29 is 0 Å². The SMILES string of the molecule is NCCCSc1ccc(N2CCCC2)c(-c2cc3ccccc3[nH]2)c1. The van der Waals surface area contributed by atoms with Crippen LogP contribution in [0.15, 0.2) is 53.4 Å². The first kappa shape index (κ1) is 16.6. The van der Waals surface area contributed by atoms with E-state index in [0.717, 1.165) is 31.8 Å². The molecule has 1 fully saturated rings. The van der Waals surface area contributed by atoms with E-state index in [1.807, 2.05) is 11.8 Å². The molecule has 130 valence electrons. The number of nitrogens with one attached hydrogen (secondary N) is 1. The Morgan fingerprint density at radius 2 is 1.88 bits per heavy atom. The number of aromatic nitrogens is 1. The van der Waals surface area contributed by atoms with Crippen molar-refractivity contribution in [1.29, 1.82) is 0 Å². The molecule has 2 heterocycles. The van der Waals surface area contributed by atoms with Gasteiger partial charge >= 0.3 is 0 Å². The Balaban J connectivity index is 1.74. The molecule has 0 atom stereocenters. The average Bonchev–Trinajstić information content (AvgIpc) is 3.31. The number of para-hydroxylation sites is 1. The van der Waals surface area contributed by atoms with E-state index < -0.39 is 0 Å². The molecule has 4 heteroatoms. The lowest BCUT2D eigenvalue weighted by Gasteiger charge is -2.21. The van der Waals surface area contributed by atoms with E-state index in [0.29, 0.717) is 0 Å². The van der Waals surface area contributed by atoms with E-state index in [1.165, 1.54) is 45.6 Å². The van der Waals surface area contributed by atoms with Gasteiger partial charge in [0.2, 0.25) is 0 Å². The first-order valence-electron chi connectivity index (χ1n) is 9.15. The third-order valence-electron chi connectivity index (χ3n) is 4.85. The van der Waals surface area contributed by atoms with Gasteiger partial charge in [0, 0.05) is 45.8 Å². The molecular weight excluding hydrogens is 326 g/mol. The van der Waals surface area contributed by atoms with Crippen molar-refractivity contribution in [2.75, 3.05) is 30.3 Å². The summed E-state index contributed by atoms with van der Waals surface area (Å²) in [6, 6.07) is 17.7. The number of fused-ring (bicyclic) bond motifs is 1. The Hall–Kier alpha value is -1.91. The van der Waals surface area contributed by atoms with Gasteiger partial charge in [-0.05, 0) is 61.9 Å². The Labute approximate surface area is 153 Å². The van der Waals surface area contributed by atoms with Crippen LogP contribution in [0.1, 0.15) is 19.3 Å².